The minimum Gasteiger partial charge on any atom is -0.352 e. The SMILES string of the molecule is Cc1ccc(CN2CCC(CNC(=O)c3c(-c4ccccc4)nnc4ccccc34)CC2)cc1. The molecule has 0 aliphatic carbocycles. The second kappa shape index (κ2) is 10.1. The van der Waals surface area contributed by atoms with E-state index in [1.54, 1.807) is 0 Å². The Labute approximate surface area is 200 Å². The third kappa shape index (κ3) is 5.00. The summed E-state index contributed by atoms with van der Waals surface area (Å²) in [6.45, 7) is 5.92. The van der Waals surface area contributed by atoms with Gasteiger partial charge in [-0.2, -0.15) is 0 Å². The highest BCUT2D eigenvalue weighted by Gasteiger charge is 2.23. The Morgan fingerprint density at radius 1 is 0.912 bits per heavy atom. The zero-order chi connectivity index (χ0) is 23.3. The zero-order valence-electron chi connectivity index (χ0n) is 19.6. The topological polar surface area (TPSA) is 58.1 Å². The van der Waals surface area contributed by atoms with Crippen LogP contribution in [-0.2, 0) is 6.54 Å². The number of amides is 1. The average molecular weight is 451 g/mol. The van der Waals surface area contributed by atoms with E-state index < -0.39 is 0 Å². The molecule has 0 atom stereocenters. The Bertz CT molecular complexity index is 1260. The lowest BCUT2D eigenvalue weighted by Crippen LogP contribution is -2.38. The highest BCUT2D eigenvalue weighted by Crippen LogP contribution is 2.27. The highest BCUT2D eigenvalue weighted by atomic mass is 16.1. The molecular formula is C29H30N4O. The van der Waals surface area contributed by atoms with Gasteiger partial charge in [-0.3, -0.25) is 9.69 Å². The Morgan fingerprint density at radius 2 is 1.62 bits per heavy atom. The first-order chi connectivity index (χ1) is 16.7. The monoisotopic (exact) mass is 450 g/mol. The molecule has 0 spiro atoms. The van der Waals surface area contributed by atoms with Crippen LogP contribution in [0.4, 0.5) is 0 Å². The van der Waals surface area contributed by atoms with E-state index in [1.165, 1.54) is 11.1 Å². The smallest absolute Gasteiger partial charge is 0.254 e. The van der Waals surface area contributed by atoms with Gasteiger partial charge in [-0.1, -0.05) is 78.4 Å². The molecule has 34 heavy (non-hydrogen) atoms. The van der Waals surface area contributed by atoms with Crippen LogP contribution in [0.15, 0.2) is 78.9 Å². The summed E-state index contributed by atoms with van der Waals surface area (Å²) in [5.41, 5.74) is 5.53. The third-order valence-electron chi connectivity index (χ3n) is 6.73. The summed E-state index contributed by atoms with van der Waals surface area (Å²) in [6.07, 6.45) is 2.18. The van der Waals surface area contributed by atoms with Gasteiger partial charge in [0.1, 0.15) is 5.69 Å². The molecule has 1 saturated heterocycles. The lowest BCUT2D eigenvalue weighted by molar-refractivity contribution is 0.0937. The van der Waals surface area contributed by atoms with Crippen molar-refractivity contribution in [2.75, 3.05) is 19.6 Å². The van der Waals surface area contributed by atoms with Gasteiger partial charge in [-0.25, -0.2) is 0 Å². The van der Waals surface area contributed by atoms with Gasteiger partial charge in [0.2, 0.25) is 0 Å². The number of piperidine rings is 1. The van der Waals surface area contributed by atoms with E-state index in [9.17, 15) is 4.79 Å². The molecule has 1 aliphatic heterocycles. The number of rotatable bonds is 6. The molecule has 172 valence electrons. The van der Waals surface area contributed by atoms with Crippen molar-refractivity contribution in [2.24, 2.45) is 5.92 Å². The van der Waals surface area contributed by atoms with Crippen LogP contribution in [0.5, 0.6) is 0 Å². The van der Waals surface area contributed by atoms with E-state index in [1.807, 2.05) is 54.6 Å². The maximum atomic E-state index is 13.4. The number of aryl methyl sites for hydroxylation is 1. The van der Waals surface area contributed by atoms with Crippen LogP contribution in [0.2, 0.25) is 0 Å². The highest BCUT2D eigenvalue weighted by molar-refractivity contribution is 6.10. The van der Waals surface area contributed by atoms with E-state index in [-0.39, 0.29) is 5.91 Å². The number of carbonyl (C=O) groups is 1. The van der Waals surface area contributed by atoms with E-state index in [2.05, 4.69) is 51.6 Å². The van der Waals surface area contributed by atoms with Crippen molar-refractivity contribution in [1.82, 2.24) is 20.4 Å². The lowest BCUT2D eigenvalue weighted by Gasteiger charge is -2.32. The largest absolute Gasteiger partial charge is 0.352 e. The predicted molar refractivity (Wildman–Crippen MR) is 136 cm³/mol. The van der Waals surface area contributed by atoms with Crippen molar-refractivity contribution in [2.45, 2.75) is 26.3 Å². The number of fused-ring (bicyclic) bond motifs is 1. The molecule has 0 radical (unpaired) electrons. The number of aromatic nitrogens is 2. The molecule has 0 saturated carbocycles. The van der Waals surface area contributed by atoms with Crippen LogP contribution in [0.25, 0.3) is 22.2 Å². The Morgan fingerprint density at radius 3 is 2.38 bits per heavy atom. The van der Waals surface area contributed by atoms with Crippen molar-refractivity contribution >= 4 is 16.8 Å². The summed E-state index contributed by atoms with van der Waals surface area (Å²) in [6, 6.07) is 26.3. The molecule has 5 nitrogen and oxygen atoms in total. The first kappa shape index (κ1) is 22.2. The van der Waals surface area contributed by atoms with Crippen molar-refractivity contribution in [3.63, 3.8) is 0 Å². The van der Waals surface area contributed by atoms with Crippen LogP contribution >= 0.6 is 0 Å². The molecule has 0 unspecified atom stereocenters. The molecule has 1 aliphatic rings. The van der Waals surface area contributed by atoms with E-state index in [0.29, 0.717) is 23.7 Å². The maximum absolute atomic E-state index is 13.4. The predicted octanol–water partition coefficient (Wildman–Crippen LogP) is 5.25. The maximum Gasteiger partial charge on any atom is 0.254 e. The van der Waals surface area contributed by atoms with Crippen LogP contribution < -0.4 is 5.32 Å². The average Bonchev–Trinajstić information content (AvgIpc) is 2.89. The van der Waals surface area contributed by atoms with Gasteiger partial charge in [0.15, 0.2) is 0 Å². The number of benzene rings is 3. The molecule has 4 aromatic rings. The number of carbonyl (C=O) groups excluding carboxylic acids is 1. The summed E-state index contributed by atoms with van der Waals surface area (Å²) < 4.78 is 0. The van der Waals surface area contributed by atoms with E-state index in [0.717, 1.165) is 48.9 Å². The van der Waals surface area contributed by atoms with Gasteiger partial charge in [0.25, 0.3) is 5.91 Å². The van der Waals surface area contributed by atoms with Gasteiger partial charge in [0.05, 0.1) is 11.1 Å². The zero-order valence-corrected chi connectivity index (χ0v) is 19.6. The lowest BCUT2D eigenvalue weighted by atomic mass is 9.95. The second-order valence-electron chi connectivity index (χ2n) is 9.22. The molecule has 1 N–H and O–H groups in total. The molecule has 0 bridgehead atoms. The van der Waals surface area contributed by atoms with Crippen molar-refractivity contribution in [3.05, 3.63) is 95.6 Å². The van der Waals surface area contributed by atoms with Crippen molar-refractivity contribution < 1.29 is 4.79 Å². The van der Waals surface area contributed by atoms with Gasteiger partial charge in [-0.15, -0.1) is 10.2 Å². The molecule has 3 aromatic carbocycles. The number of nitrogens with zero attached hydrogens (tertiary/aromatic N) is 3. The first-order valence-corrected chi connectivity index (χ1v) is 12.0. The summed E-state index contributed by atoms with van der Waals surface area (Å²) in [7, 11) is 0. The molecular weight excluding hydrogens is 420 g/mol. The normalized spacial score (nSPS) is 14.9. The quantitative estimate of drug-likeness (QED) is 0.436. The van der Waals surface area contributed by atoms with Crippen LogP contribution in [-0.4, -0.2) is 40.6 Å². The third-order valence-corrected chi connectivity index (χ3v) is 6.73. The van der Waals surface area contributed by atoms with Gasteiger partial charge >= 0.3 is 0 Å². The van der Waals surface area contributed by atoms with Crippen LogP contribution in [0, 0.1) is 12.8 Å². The van der Waals surface area contributed by atoms with Crippen LogP contribution in [0.3, 0.4) is 0 Å². The number of hydrogen-bond acceptors (Lipinski definition) is 4. The fourth-order valence-corrected chi connectivity index (χ4v) is 4.71. The van der Waals surface area contributed by atoms with Gasteiger partial charge < -0.3 is 5.32 Å². The molecule has 1 amide bonds. The second-order valence-corrected chi connectivity index (χ2v) is 9.22. The Balaban J connectivity index is 1.25. The van der Waals surface area contributed by atoms with Gasteiger partial charge in [-0.05, 0) is 50.4 Å². The van der Waals surface area contributed by atoms with Crippen molar-refractivity contribution in [1.29, 1.82) is 0 Å². The summed E-state index contributed by atoms with van der Waals surface area (Å²) in [5, 5.41) is 12.8. The van der Waals surface area contributed by atoms with E-state index >= 15 is 0 Å². The fraction of sp³-hybridized carbons (Fsp3) is 0.276. The number of likely N-dealkylation sites (tertiary alicyclic amines) is 1. The summed E-state index contributed by atoms with van der Waals surface area (Å²) in [4.78, 5) is 15.9. The molecule has 1 aromatic heterocycles. The van der Waals surface area contributed by atoms with Crippen LogP contribution in [0.1, 0.15) is 34.3 Å². The Kier molecular flexibility index (Phi) is 6.63. The molecule has 5 heteroatoms. The first-order valence-electron chi connectivity index (χ1n) is 12.0. The van der Waals surface area contributed by atoms with E-state index in [4.69, 9.17) is 0 Å². The number of nitrogens with one attached hydrogen (secondary N) is 1. The minimum absolute atomic E-state index is 0.0768. The molecule has 5 rings (SSSR count). The van der Waals surface area contributed by atoms with Gasteiger partial charge in [0, 0.05) is 24.0 Å². The summed E-state index contributed by atoms with van der Waals surface area (Å²) >= 11 is 0. The Hall–Kier alpha value is -3.57. The molecule has 2 heterocycles. The molecule has 1 fully saturated rings. The van der Waals surface area contributed by atoms with Crippen molar-refractivity contribution in [3.8, 4) is 11.3 Å². The fourth-order valence-electron chi connectivity index (χ4n) is 4.71. The summed E-state index contributed by atoms with van der Waals surface area (Å²) in [5.74, 6) is 0.409. The number of hydrogen-bond donors (Lipinski definition) is 1. The minimum atomic E-state index is -0.0768. The standard InChI is InChI=1S/C29H30N4O/c1-21-11-13-23(14-12-21)20-33-17-15-22(16-18-33)19-30-29(34)27-25-9-5-6-10-26(25)31-32-28(27)24-7-3-2-4-8-24/h2-14,22H,15-20H2,1H3,(H,30,34).